The first-order valence-electron chi connectivity index (χ1n) is 12.2. The zero-order chi connectivity index (χ0) is 28.6. The largest absolute Gasteiger partial charge is 0.387 e. The van der Waals surface area contributed by atoms with Crippen molar-refractivity contribution >= 4 is 43.8 Å². The molecule has 2 aromatic heterocycles. The van der Waals surface area contributed by atoms with Gasteiger partial charge in [0.2, 0.25) is 5.28 Å². The van der Waals surface area contributed by atoms with Gasteiger partial charge >= 0.3 is 15.2 Å². The average Bonchev–Trinajstić information content (AvgIpc) is 3.49. The summed E-state index contributed by atoms with van der Waals surface area (Å²) >= 11 is 6.25. The van der Waals surface area contributed by atoms with Crippen molar-refractivity contribution in [3.63, 3.8) is 0 Å². The van der Waals surface area contributed by atoms with Crippen LogP contribution in [0.25, 0.3) is 11.2 Å². The monoisotopic (exact) mass is 619 g/mol. The molecule has 4 heterocycles. The van der Waals surface area contributed by atoms with Crippen LogP contribution in [0, 0.1) is 5.82 Å². The molecule has 1 aromatic carbocycles. The Kier molecular flexibility index (Phi) is 6.87. The third kappa shape index (κ3) is 4.98. The van der Waals surface area contributed by atoms with Crippen molar-refractivity contribution in [3.05, 3.63) is 46.8 Å². The van der Waals surface area contributed by atoms with Crippen LogP contribution in [-0.2, 0) is 30.2 Å². The number of rotatable bonds is 7. The van der Waals surface area contributed by atoms with Crippen LogP contribution in [0.1, 0.15) is 23.8 Å². The molecule has 14 nitrogen and oxygen atoms in total. The van der Waals surface area contributed by atoms with E-state index < -0.39 is 52.2 Å². The molecule has 40 heavy (non-hydrogen) atoms. The number of aliphatic hydroxyl groups excluding tert-OH is 2. The molecule has 0 bridgehead atoms. The minimum Gasteiger partial charge on any atom is -0.387 e. The first-order valence-corrected chi connectivity index (χ1v) is 16.2. The summed E-state index contributed by atoms with van der Waals surface area (Å²) in [7, 11) is -9.56. The van der Waals surface area contributed by atoms with Gasteiger partial charge in [-0.2, -0.15) is 9.97 Å². The normalized spacial score (nSPS) is 27.2. The number of aliphatic hydroxyl groups is 2. The lowest BCUT2D eigenvalue weighted by Gasteiger charge is -2.49. The number of aromatic nitrogens is 4. The van der Waals surface area contributed by atoms with E-state index in [4.69, 9.17) is 30.6 Å². The first-order chi connectivity index (χ1) is 18.8. The van der Waals surface area contributed by atoms with Crippen molar-refractivity contribution in [2.45, 2.75) is 42.8 Å². The van der Waals surface area contributed by atoms with Crippen molar-refractivity contribution in [1.82, 2.24) is 19.5 Å². The maximum absolute atomic E-state index is 14.0. The summed E-state index contributed by atoms with van der Waals surface area (Å²) in [6.07, 6.45) is -2.63. The number of anilines is 1. The van der Waals surface area contributed by atoms with Gasteiger partial charge in [-0.25, -0.2) is 9.37 Å². The molecule has 0 amide bonds. The molecule has 3 aromatic rings. The lowest BCUT2D eigenvalue weighted by atomic mass is 9.74. The number of halogens is 2. The summed E-state index contributed by atoms with van der Waals surface area (Å²) in [6, 6.07) is 4.87. The zero-order valence-corrected chi connectivity index (χ0v) is 23.2. The van der Waals surface area contributed by atoms with Gasteiger partial charge in [0.1, 0.15) is 24.1 Å². The number of benzene rings is 1. The molecular weight excluding hydrogens is 595 g/mol. The Morgan fingerprint density at radius 2 is 1.93 bits per heavy atom. The fourth-order valence-corrected chi connectivity index (χ4v) is 8.50. The van der Waals surface area contributed by atoms with Crippen LogP contribution < -0.4 is 4.90 Å². The lowest BCUT2D eigenvalue weighted by Crippen LogP contribution is -2.58. The molecule has 18 heteroatoms. The van der Waals surface area contributed by atoms with E-state index in [1.165, 1.54) is 17.0 Å². The van der Waals surface area contributed by atoms with Crippen molar-refractivity contribution in [1.29, 1.82) is 0 Å². The maximum Gasteiger partial charge on any atom is 0.340 e. The molecule has 3 aliphatic rings. The van der Waals surface area contributed by atoms with E-state index in [0.29, 0.717) is 24.4 Å². The van der Waals surface area contributed by atoms with Gasteiger partial charge < -0.3 is 39.1 Å². The Morgan fingerprint density at radius 3 is 2.65 bits per heavy atom. The van der Waals surface area contributed by atoms with E-state index in [0.717, 1.165) is 24.0 Å². The van der Waals surface area contributed by atoms with E-state index in [-0.39, 0.29) is 22.2 Å². The van der Waals surface area contributed by atoms with Crippen molar-refractivity contribution in [2.75, 3.05) is 30.5 Å². The number of nitrogens with zero attached hydrogens (tertiary/aromatic N) is 5. The van der Waals surface area contributed by atoms with Crippen LogP contribution in [0.2, 0.25) is 5.28 Å². The summed E-state index contributed by atoms with van der Waals surface area (Å²) in [5.41, 5.74) is 2.45. The second-order valence-electron chi connectivity index (χ2n) is 10.4. The lowest BCUT2D eigenvalue weighted by molar-refractivity contribution is -0.0483. The quantitative estimate of drug-likeness (QED) is 0.187. The van der Waals surface area contributed by atoms with Gasteiger partial charge in [-0.3, -0.25) is 13.7 Å². The van der Waals surface area contributed by atoms with Crippen LogP contribution >= 0.6 is 26.8 Å². The Morgan fingerprint density at radius 1 is 1.18 bits per heavy atom. The van der Waals surface area contributed by atoms with E-state index in [1.807, 2.05) is 11.0 Å². The summed E-state index contributed by atoms with van der Waals surface area (Å²) in [4.78, 5) is 42.6. The van der Waals surface area contributed by atoms with Crippen LogP contribution in [0.5, 0.6) is 0 Å². The molecule has 6 rings (SSSR count). The fourth-order valence-electron chi connectivity index (χ4n) is 5.77. The van der Waals surface area contributed by atoms with Gasteiger partial charge in [0.15, 0.2) is 29.1 Å². The van der Waals surface area contributed by atoms with Crippen LogP contribution in [0.4, 0.5) is 10.2 Å². The van der Waals surface area contributed by atoms with Crippen molar-refractivity contribution in [3.8, 4) is 0 Å². The summed E-state index contributed by atoms with van der Waals surface area (Å²) < 4.78 is 48.8. The third-order valence-corrected chi connectivity index (χ3v) is 11.2. The fraction of sp³-hybridized carbons (Fsp3) is 0.500. The predicted octanol–water partition coefficient (Wildman–Crippen LogP) is 1.28. The second-order valence-corrected chi connectivity index (χ2v) is 14.7. The number of fused-ring (bicyclic) bond motifs is 3. The standard InChI is InChI=1S/C22H25ClFN5O9P2/c23-21-26-18(28-7-22(8-28)4-3-11-1-2-12(24)5-13(11)22)15-19(27-21)29(9-25-15)20-17(31)16(30)14(38-20)6-37-40(35,36)10-39(32,33)34/h1-2,5,9,14,16-17,20,30-31H,3-4,6-8,10H2,(H,35,36)(H2,32,33,34)/t14-,16?,17?,20-/m1/s1. The van der Waals surface area contributed by atoms with Crippen LogP contribution in [0.3, 0.4) is 0 Å². The SMILES string of the molecule is O=P(O)(O)CP(=O)(O)OC[C@H]1O[C@@H](n2cnc3c(N4CC5(CCc6ccc(F)cc65)C4)nc(Cl)nc32)C(O)C1O. The molecule has 5 atom stereocenters. The van der Waals surface area contributed by atoms with Gasteiger partial charge in [-0.05, 0) is 47.7 Å². The highest BCUT2D eigenvalue weighted by Crippen LogP contribution is 2.55. The highest BCUT2D eigenvalue weighted by atomic mass is 35.5. The predicted molar refractivity (Wildman–Crippen MR) is 138 cm³/mol. The smallest absolute Gasteiger partial charge is 0.340 e. The molecule has 1 aliphatic carbocycles. The molecule has 2 saturated heterocycles. The third-order valence-electron chi connectivity index (χ3n) is 7.59. The maximum atomic E-state index is 14.0. The molecule has 0 radical (unpaired) electrons. The van der Waals surface area contributed by atoms with Crippen LogP contribution in [0.15, 0.2) is 24.5 Å². The zero-order valence-electron chi connectivity index (χ0n) is 20.6. The van der Waals surface area contributed by atoms with Gasteiger partial charge in [-0.1, -0.05) is 6.07 Å². The molecule has 2 aliphatic heterocycles. The Labute approximate surface area is 231 Å². The first kappa shape index (κ1) is 28.1. The van der Waals surface area contributed by atoms with Gasteiger partial charge in [-0.15, -0.1) is 0 Å². The summed E-state index contributed by atoms with van der Waals surface area (Å²) in [5.74, 6) is -1.25. The minimum atomic E-state index is -4.85. The van der Waals surface area contributed by atoms with E-state index in [9.17, 15) is 28.6 Å². The summed E-state index contributed by atoms with van der Waals surface area (Å²) in [6.45, 7) is 0.401. The number of imidazole rings is 1. The van der Waals surface area contributed by atoms with Crippen molar-refractivity contribution in [2.24, 2.45) is 0 Å². The van der Waals surface area contributed by atoms with Gasteiger partial charge in [0.05, 0.1) is 12.9 Å². The van der Waals surface area contributed by atoms with E-state index in [2.05, 4.69) is 15.0 Å². The molecule has 2 fully saturated rings. The number of ether oxygens (including phenoxy) is 1. The van der Waals surface area contributed by atoms with E-state index >= 15 is 0 Å². The van der Waals surface area contributed by atoms with Crippen LogP contribution in [-0.4, -0.2) is 88.3 Å². The highest BCUT2D eigenvalue weighted by molar-refractivity contribution is 7.70. The Bertz CT molecular complexity index is 1580. The topological polar surface area (TPSA) is 201 Å². The van der Waals surface area contributed by atoms with Gasteiger partial charge in [0.25, 0.3) is 0 Å². The number of hydrogen-bond acceptors (Lipinski definition) is 10. The second kappa shape index (κ2) is 9.77. The van der Waals surface area contributed by atoms with Crippen molar-refractivity contribution < 1.29 is 47.7 Å². The Balaban J connectivity index is 1.22. The molecule has 0 saturated carbocycles. The van der Waals surface area contributed by atoms with Gasteiger partial charge in [0, 0.05) is 18.5 Å². The molecule has 1 spiro atoms. The summed E-state index contributed by atoms with van der Waals surface area (Å²) in [5, 5.41) is 21.1. The highest BCUT2D eigenvalue weighted by Gasteiger charge is 2.50. The molecule has 5 N–H and O–H groups in total. The average molecular weight is 620 g/mol. The number of aryl methyl sites for hydroxylation is 1. The molecular formula is C22H25ClFN5O9P2. The molecule has 3 unspecified atom stereocenters. The Hall–Kier alpha value is -2.03. The molecule has 216 valence electrons. The minimum absolute atomic E-state index is 0.102. The number of hydrogen-bond donors (Lipinski definition) is 5. The van der Waals surface area contributed by atoms with E-state index in [1.54, 1.807) is 6.07 Å².